The molecule has 0 saturated heterocycles. The fourth-order valence-electron chi connectivity index (χ4n) is 1.50. The van der Waals surface area contributed by atoms with Gasteiger partial charge in [0, 0.05) is 5.56 Å². The highest BCUT2D eigenvalue weighted by Gasteiger charge is 2.09. The van der Waals surface area contributed by atoms with Crippen molar-refractivity contribution in [1.29, 1.82) is 5.26 Å². The van der Waals surface area contributed by atoms with Gasteiger partial charge in [0.1, 0.15) is 5.82 Å². The smallest absolute Gasteiger partial charge is 0.130 e. The molecule has 1 aromatic heterocycles. The van der Waals surface area contributed by atoms with Crippen molar-refractivity contribution in [3.63, 3.8) is 0 Å². The van der Waals surface area contributed by atoms with Crippen LogP contribution in [0.1, 0.15) is 16.8 Å². The molecule has 16 heavy (non-hydrogen) atoms. The van der Waals surface area contributed by atoms with Crippen molar-refractivity contribution in [2.24, 2.45) is 0 Å². The van der Waals surface area contributed by atoms with Crippen LogP contribution in [0.5, 0.6) is 0 Å². The maximum atomic E-state index is 8.70. The molecule has 80 valence electrons. The van der Waals surface area contributed by atoms with Crippen molar-refractivity contribution < 1.29 is 0 Å². The molecule has 0 bridgehead atoms. The molecule has 0 amide bonds. The van der Waals surface area contributed by atoms with E-state index in [1.165, 1.54) is 0 Å². The number of rotatable bonds is 1. The van der Waals surface area contributed by atoms with Crippen LogP contribution in [-0.4, -0.2) is 9.78 Å². The molecule has 0 aliphatic rings. The highest BCUT2D eigenvalue weighted by molar-refractivity contribution is 5.50. The molecule has 1 heterocycles. The van der Waals surface area contributed by atoms with Crippen LogP contribution in [0.3, 0.4) is 0 Å². The minimum absolute atomic E-state index is 0.628. The molecule has 0 aliphatic carbocycles. The van der Waals surface area contributed by atoms with Crippen LogP contribution in [-0.2, 0) is 0 Å². The summed E-state index contributed by atoms with van der Waals surface area (Å²) >= 11 is 0. The Morgan fingerprint density at radius 3 is 2.31 bits per heavy atom. The fraction of sp³-hybridized carbons (Fsp3) is 0.167. The Balaban J connectivity index is 2.51. The average Bonchev–Trinajstić information content (AvgIpc) is 2.57. The summed E-state index contributed by atoms with van der Waals surface area (Å²) in [6.45, 7) is 3.86. The number of hydrogen-bond acceptors (Lipinski definition) is 3. The number of aromatic nitrogens is 2. The minimum atomic E-state index is 0.628. The fourth-order valence-corrected chi connectivity index (χ4v) is 1.50. The molecule has 1 aromatic carbocycles. The van der Waals surface area contributed by atoms with Crippen LogP contribution in [0.2, 0.25) is 0 Å². The first-order valence-corrected chi connectivity index (χ1v) is 4.95. The lowest BCUT2D eigenvalue weighted by molar-refractivity contribution is 0.872. The monoisotopic (exact) mass is 212 g/mol. The SMILES string of the molecule is Cc1nn(-c2ccc(C#N)cc2)c(N)c1C. The van der Waals surface area contributed by atoms with Crippen molar-refractivity contribution in [1.82, 2.24) is 9.78 Å². The normalized spacial score (nSPS) is 10.1. The Morgan fingerprint density at radius 2 is 1.88 bits per heavy atom. The van der Waals surface area contributed by atoms with Crippen LogP contribution in [0.25, 0.3) is 5.69 Å². The van der Waals surface area contributed by atoms with E-state index in [-0.39, 0.29) is 0 Å². The second-order valence-corrected chi connectivity index (χ2v) is 3.67. The first-order valence-electron chi connectivity index (χ1n) is 4.95. The van der Waals surface area contributed by atoms with E-state index < -0.39 is 0 Å². The molecule has 0 atom stereocenters. The summed E-state index contributed by atoms with van der Waals surface area (Å²) in [6.07, 6.45) is 0. The minimum Gasteiger partial charge on any atom is -0.383 e. The summed E-state index contributed by atoms with van der Waals surface area (Å²) < 4.78 is 1.69. The zero-order valence-corrected chi connectivity index (χ0v) is 9.23. The maximum absolute atomic E-state index is 8.70. The number of nitrogens with zero attached hydrogens (tertiary/aromatic N) is 3. The summed E-state index contributed by atoms with van der Waals surface area (Å²) in [5, 5.41) is 13.0. The first kappa shape index (κ1) is 10.2. The van der Waals surface area contributed by atoms with E-state index in [0.717, 1.165) is 16.9 Å². The number of nitriles is 1. The van der Waals surface area contributed by atoms with E-state index >= 15 is 0 Å². The maximum Gasteiger partial charge on any atom is 0.130 e. The number of aryl methyl sites for hydroxylation is 1. The number of nitrogen functional groups attached to an aromatic ring is 1. The lowest BCUT2D eigenvalue weighted by Crippen LogP contribution is -2.02. The van der Waals surface area contributed by atoms with Crippen LogP contribution in [0, 0.1) is 25.2 Å². The Morgan fingerprint density at radius 1 is 1.25 bits per heavy atom. The predicted molar refractivity (Wildman–Crippen MR) is 62.2 cm³/mol. The third-order valence-corrected chi connectivity index (χ3v) is 2.65. The molecule has 0 saturated carbocycles. The highest BCUT2D eigenvalue weighted by Crippen LogP contribution is 2.19. The molecule has 4 heteroatoms. The van der Waals surface area contributed by atoms with Gasteiger partial charge >= 0.3 is 0 Å². The number of hydrogen-bond donors (Lipinski definition) is 1. The predicted octanol–water partition coefficient (Wildman–Crippen LogP) is 1.94. The van der Waals surface area contributed by atoms with Crippen molar-refractivity contribution in [2.45, 2.75) is 13.8 Å². The number of anilines is 1. The van der Waals surface area contributed by atoms with Gasteiger partial charge in [0.05, 0.1) is 23.0 Å². The standard InChI is InChI=1S/C12H12N4/c1-8-9(2)15-16(12(8)14)11-5-3-10(7-13)4-6-11/h3-6H,14H2,1-2H3. The number of nitrogens with two attached hydrogens (primary N) is 1. The highest BCUT2D eigenvalue weighted by atomic mass is 15.3. The summed E-state index contributed by atoms with van der Waals surface area (Å²) in [4.78, 5) is 0. The topological polar surface area (TPSA) is 67.6 Å². The summed E-state index contributed by atoms with van der Waals surface area (Å²) in [7, 11) is 0. The van der Waals surface area contributed by atoms with E-state index in [2.05, 4.69) is 11.2 Å². The molecule has 2 N–H and O–H groups in total. The van der Waals surface area contributed by atoms with Gasteiger partial charge in [0.2, 0.25) is 0 Å². The third-order valence-electron chi connectivity index (χ3n) is 2.65. The van der Waals surface area contributed by atoms with Crippen molar-refractivity contribution in [2.75, 3.05) is 5.73 Å². The van der Waals surface area contributed by atoms with E-state index in [1.807, 2.05) is 26.0 Å². The lowest BCUT2D eigenvalue weighted by Gasteiger charge is -2.03. The molecule has 0 fully saturated rings. The van der Waals surface area contributed by atoms with Gasteiger partial charge in [-0.15, -0.1) is 0 Å². The van der Waals surface area contributed by atoms with Crippen molar-refractivity contribution >= 4 is 5.82 Å². The average molecular weight is 212 g/mol. The molecule has 2 rings (SSSR count). The van der Waals surface area contributed by atoms with Gasteiger partial charge in [-0.25, -0.2) is 4.68 Å². The summed E-state index contributed by atoms with van der Waals surface area (Å²) in [5.41, 5.74) is 9.35. The van der Waals surface area contributed by atoms with Gasteiger partial charge in [-0.05, 0) is 38.1 Å². The van der Waals surface area contributed by atoms with Gasteiger partial charge in [-0.3, -0.25) is 0 Å². The molecule has 0 unspecified atom stereocenters. The van der Waals surface area contributed by atoms with Gasteiger partial charge in [0.25, 0.3) is 0 Å². The van der Waals surface area contributed by atoms with E-state index in [1.54, 1.807) is 16.8 Å². The van der Waals surface area contributed by atoms with Gasteiger partial charge in [-0.2, -0.15) is 10.4 Å². The summed E-state index contributed by atoms with van der Waals surface area (Å²) in [6, 6.07) is 9.25. The van der Waals surface area contributed by atoms with Gasteiger partial charge < -0.3 is 5.73 Å². The zero-order valence-electron chi connectivity index (χ0n) is 9.23. The van der Waals surface area contributed by atoms with E-state index in [0.29, 0.717) is 11.4 Å². The first-order chi connectivity index (χ1) is 7.63. The summed E-state index contributed by atoms with van der Waals surface area (Å²) in [5.74, 6) is 0.641. The Bertz CT molecular complexity index is 558. The Hall–Kier alpha value is -2.28. The zero-order chi connectivity index (χ0) is 11.7. The Labute approximate surface area is 93.9 Å². The third kappa shape index (κ3) is 1.52. The van der Waals surface area contributed by atoms with Crippen molar-refractivity contribution in [3.05, 3.63) is 41.1 Å². The molecule has 0 radical (unpaired) electrons. The van der Waals surface area contributed by atoms with Crippen LogP contribution < -0.4 is 5.73 Å². The lowest BCUT2D eigenvalue weighted by atomic mass is 10.2. The second kappa shape index (κ2) is 3.70. The molecule has 2 aromatic rings. The molecule has 0 aliphatic heterocycles. The molecular formula is C12H12N4. The number of benzene rings is 1. The molecular weight excluding hydrogens is 200 g/mol. The quantitative estimate of drug-likeness (QED) is 0.785. The second-order valence-electron chi connectivity index (χ2n) is 3.67. The van der Waals surface area contributed by atoms with Crippen LogP contribution >= 0.6 is 0 Å². The van der Waals surface area contributed by atoms with Crippen molar-refractivity contribution in [3.8, 4) is 11.8 Å². The van der Waals surface area contributed by atoms with Crippen LogP contribution in [0.4, 0.5) is 5.82 Å². The van der Waals surface area contributed by atoms with Gasteiger partial charge in [-0.1, -0.05) is 0 Å². The van der Waals surface area contributed by atoms with Crippen LogP contribution in [0.15, 0.2) is 24.3 Å². The Kier molecular flexibility index (Phi) is 2.37. The van der Waals surface area contributed by atoms with Gasteiger partial charge in [0.15, 0.2) is 0 Å². The largest absolute Gasteiger partial charge is 0.383 e. The van der Waals surface area contributed by atoms with E-state index in [9.17, 15) is 0 Å². The van der Waals surface area contributed by atoms with E-state index in [4.69, 9.17) is 11.0 Å². The molecule has 4 nitrogen and oxygen atoms in total. The molecule has 0 spiro atoms.